The molecule has 4 aromatic carbocycles. The Labute approximate surface area is 252 Å². The third-order valence-corrected chi connectivity index (χ3v) is 7.15. The molecule has 4 rings (SSSR count). The molecule has 0 unspecified atom stereocenters. The van der Waals surface area contributed by atoms with Crippen LogP contribution in [0.1, 0.15) is 41.0 Å². The molecule has 0 bridgehead atoms. The van der Waals surface area contributed by atoms with E-state index in [0.717, 1.165) is 22.3 Å². The molecule has 3 amide bonds. The maximum absolute atomic E-state index is 14.5. The number of hydrogen-bond acceptors (Lipinski definition) is 5. The van der Waals surface area contributed by atoms with Gasteiger partial charge in [0.1, 0.15) is 18.4 Å². The number of hydrogen-bond donors (Lipinski definition) is 2. The van der Waals surface area contributed by atoms with E-state index in [1.54, 1.807) is 12.0 Å². The van der Waals surface area contributed by atoms with Crippen LogP contribution in [0.5, 0.6) is 5.75 Å². The quantitative estimate of drug-likeness (QED) is 0.194. The number of alkyl carbamates (subject to hydrolysis) is 1. The lowest BCUT2D eigenvalue weighted by Gasteiger charge is -2.33. The molecule has 1 atom stereocenters. The largest absolute Gasteiger partial charge is 0.497 e. The summed E-state index contributed by atoms with van der Waals surface area (Å²) < 4.78 is 10.6. The molecular weight excluding hydrogens is 542 g/mol. The zero-order valence-corrected chi connectivity index (χ0v) is 24.2. The normalized spacial score (nSPS) is 11.4. The van der Waals surface area contributed by atoms with E-state index < -0.39 is 24.0 Å². The van der Waals surface area contributed by atoms with E-state index in [9.17, 15) is 14.4 Å². The summed E-state index contributed by atoms with van der Waals surface area (Å²) in [6.45, 7) is 0.572. The van der Waals surface area contributed by atoms with Crippen molar-refractivity contribution in [2.75, 3.05) is 13.7 Å². The Morgan fingerprint density at radius 1 is 0.767 bits per heavy atom. The van der Waals surface area contributed by atoms with Gasteiger partial charge in [0.15, 0.2) is 0 Å². The van der Waals surface area contributed by atoms with Crippen LogP contribution in [-0.4, -0.2) is 42.5 Å². The van der Waals surface area contributed by atoms with Crippen LogP contribution in [0, 0.1) is 0 Å². The first-order chi connectivity index (χ1) is 21.0. The van der Waals surface area contributed by atoms with Gasteiger partial charge in [-0.05, 0) is 47.2 Å². The van der Waals surface area contributed by atoms with E-state index in [-0.39, 0.29) is 32.0 Å². The van der Waals surface area contributed by atoms with Gasteiger partial charge < -0.3 is 25.4 Å². The molecule has 0 spiro atoms. The van der Waals surface area contributed by atoms with Gasteiger partial charge in [-0.1, -0.05) is 103 Å². The topological polar surface area (TPSA) is 111 Å². The van der Waals surface area contributed by atoms with Crippen LogP contribution < -0.4 is 15.8 Å². The number of methoxy groups -OCH3 is 1. The summed E-state index contributed by atoms with van der Waals surface area (Å²) in [5.74, 6) is -0.820. The summed E-state index contributed by atoms with van der Waals surface area (Å²) in [6, 6.07) is 34.8. The first-order valence-electron chi connectivity index (χ1n) is 14.2. The fraction of sp³-hybridized carbons (Fsp3) is 0.229. The van der Waals surface area contributed by atoms with Gasteiger partial charge in [0.05, 0.1) is 13.0 Å². The highest BCUT2D eigenvalue weighted by Gasteiger charge is 2.34. The smallest absolute Gasteiger partial charge is 0.407 e. The van der Waals surface area contributed by atoms with Gasteiger partial charge in [-0.2, -0.15) is 0 Å². The summed E-state index contributed by atoms with van der Waals surface area (Å²) in [5.41, 5.74) is 9.26. The van der Waals surface area contributed by atoms with Crippen molar-refractivity contribution in [2.45, 2.75) is 38.0 Å². The van der Waals surface area contributed by atoms with Crippen molar-refractivity contribution in [2.24, 2.45) is 5.73 Å². The summed E-state index contributed by atoms with van der Waals surface area (Å²) in [6.07, 6.45) is 0.104. The standard InChI is InChI=1S/C35H37N3O5/c1-42-30-21-19-26(20-22-30)24-38(34(40)32(28-14-7-3-8-15-28)29-16-9-4-10-17-29)31(33(36)39)18-11-23-37-35(41)43-25-27-12-5-2-6-13-27/h2-10,12-17,19-22,31-32H,11,18,23-25H2,1H3,(H2,36,39)(H,37,41)/t31-/m1/s1. The second kappa shape index (κ2) is 15.8. The fourth-order valence-electron chi connectivity index (χ4n) is 4.92. The average Bonchev–Trinajstić information content (AvgIpc) is 3.04. The number of rotatable bonds is 14. The van der Waals surface area contributed by atoms with Gasteiger partial charge in [-0.25, -0.2) is 4.79 Å². The Morgan fingerprint density at radius 3 is 1.86 bits per heavy atom. The Hall–Kier alpha value is -5.11. The molecule has 222 valence electrons. The highest BCUT2D eigenvalue weighted by Crippen LogP contribution is 2.29. The zero-order valence-electron chi connectivity index (χ0n) is 24.2. The molecule has 0 radical (unpaired) electrons. The summed E-state index contributed by atoms with van der Waals surface area (Å²) in [4.78, 5) is 41.2. The molecule has 0 heterocycles. The first kappa shape index (κ1) is 30.8. The summed E-state index contributed by atoms with van der Waals surface area (Å²) in [5, 5.41) is 2.72. The second-order valence-corrected chi connectivity index (χ2v) is 10.1. The van der Waals surface area contributed by atoms with E-state index in [1.807, 2.05) is 115 Å². The van der Waals surface area contributed by atoms with Crippen LogP contribution in [0.15, 0.2) is 115 Å². The van der Waals surface area contributed by atoms with Gasteiger partial charge in [0, 0.05) is 13.1 Å². The number of nitrogens with one attached hydrogen (secondary N) is 1. The Kier molecular flexibility index (Phi) is 11.3. The predicted molar refractivity (Wildman–Crippen MR) is 165 cm³/mol. The predicted octanol–water partition coefficient (Wildman–Crippen LogP) is 5.42. The number of ether oxygens (including phenoxy) is 2. The molecule has 0 aliphatic rings. The van der Waals surface area contributed by atoms with Crippen LogP contribution in [0.25, 0.3) is 0 Å². The minimum absolute atomic E-state index is 0.154. The van der Waals surface area contributed by atoms with Crippen molar-refractivity contribution in [3.63, 3.8) is 0 Å². The van der Waals surface area contributed by atoms with Crippen LogP contribution in [0.2, 0.25) is 0 Å². The molecule has 0 aromatic heterocycles. The Morgan fingerprint density at radius 2 is 1.33 bits per heavy atom. The molecule has 8 nitrogen and oxygen atoms in total. The van der Waals surface area contributed by atoms with Crippen LogP contribution >= 0.6 is 0 Å². The number of nitrogens with zero attached hydrogens (tertiary/aromatic N) is 1. The van der Waals surface area contributed by atoms with E-state index in [1.165, 1.54) is 0 Å². The third kappa shape index (κ3) is 8.94. The molecule has 0 aliphatic carbocycles. The van der Waals surface area contributed by atoms with E-state index in [4.69, 9.17) is 15.2 Å². The van der Waals surface area contributed by atoms with Crippen LogP contribution in [-0.2, 0) is 27.5 Å². The van der Waals surface area contributed by atoms with E-state index in [2.05, 4.69) is 5.32 Å². The van der Waals surface area contributed by atoms with Gasteiger partial charge in [0.2, 0.25) is 11.8 Å². The Balaban J connectivity index is 1.53. The van der Waals surface area contributed by atoms with Crippen LogP contribution in [0.4, 0.5) is 4.79 Å². The molecule has 3 N–H and O–H groups in total. The molecule has 0 aliphatic heterocycles. The van der Waals surface area contributed by atoms with Gasteiger partial charge in [-0.15, -0.1) is 0 Å². The lowest BCUT2D eigenvalue weighted by molar-refractivity contribution is -0.141. The molecular formula is C35H37N3O5. The van der Waals surface area contributed by atoms with Crippen molar-refractivity contribution in [1.82, 2.24) is 10.2 Å². The fourth-order valence-corrected chi connectivity index (χ4v) is 4.92. The summed E-state index contributed by atoms with van der Waals surface area (Å²) in [7, 11) is 1.59. The average molecular weight is 580 g/mol. The van der Waals surface area contributed by atoms with Gasteiger partial charge >= 0.3 is 6.09 Å². The number of amides is 3. The minimum atomic E-state index is -0.910. The van der Waals surface area contributed by atoms with Crippen molar-refractivity contribution in [1.29, 1.82) is 0 Å². The maximum Gasteiger partial charge on any atom is 0.407 e. The first-order valence-corrected chi connectivity index (χ1v) is 14.2. The summed E-state index contributed by atoms with van der Waals surface area (Å²) >= 11 is 0. The van der Waals surface area contributed by atoms with Crippen molar-refractivity contribution in [3.05, 3.63) is 138 Å². The monoisotopic (exact) mass is 579 g/mol. The number of carbonyl (C=O) groups is 3. The van der Waals surface area contributed by atoms with Crippen molar-refractivity contribution in [3.8, 4) is 5.75 Å². The molecule has 0 saturated heterocycles. The lowest BCUT2D eigenvalue weighted by Crippen LogP contribution is -2.49. The van der Waals surface area contributed by atoms with Crippen LogP contribution in [0.3, 0.4) is 0 Å². The molecule has 43 heavy (non-hydrogen) atoms. The Bertz CT molecular complexity index is 1410. The molecule has 0 saturated carbocycles. The second-order valence-electron chi connectivity index (χ2n) is 10.1. The van der Waals surface area contributed by atoms with E-state index >= 15 is 0 Å². The lowest BCUT2D eigenvalue weighted by atomic mass is 9.89. The number of benzene rings is 4. The highest BCUT2D eigenvalue weighted by atomic mass is 16.5. The SMILES string of the molecule is COc1ccc(CN(C(=O)C(c2ccccc2)c2ccccc2)[C@H](CCCNC(=O)OCc2ccccc2)C(N)=O)cc1. The molecule has 0 fully saturated rings. The van der Waals surface area contributed by atoms with Crippen molar-refractivity contribution >= 4 is 17.9 Å². The highest BCUT2D eigenvalue weighted by molar-refractivity contribution is 5.92. The number of carbonyl (C=O) groups excluding carboxylic acids is 3. The molecule has 4 aromatic rings. The van der Waals surface area contributed by atoms with Gasteiger partial charge in [-0.3, -0.25) is 9.59 Å². The maximum atomic E-state index is 14.5. The minimum Gasteiger partial charge on any atom is -0.497 e. The number of primary amides is 1. The zero-order chi connectivity index (χ0) is 30.4. The number of nitrogens with two attached hydrogens (primary N) is 1. The van der Waals surface area contributed by atoms with Gasteiger partial charge in [0.25, 0.3) is 0 Å². The van der Waals surface area contributed by atoms with E-state index in [0.29, 0.717) is 12.2 Å². The third-order valence-electron chi connectivity index (χ3n) is 7.15. The van der Waals surface area contributed by atoms with Crippen molar-refractivity contribution < 1.29 is 23.9 Å². The molecule has 8 heteroatoms.